The maximum absolute atomic E-state index is 13.7. The van der Waals surface area contributed by atoms with Crippen molar-refractivity contribution in [2.75, 3.05) is 31.9 Å². The van der Waals surface area contributed by atoms with E-state index in [0.717, 1.165) is 32.6 Å². The SMILES string of the molecule is CC(C)C[C@H](c1cc(F)cc(N)c1O)N1CCNCC1. The predicted octanol–water partition coefficient (Wildman–Crippen LogP) is 2.11. The van der Waals surface area contributed by atoms with Gasteiger partial charge in [-0.15, -0.1) is 0 Å². The first-order chi connectivity index (χ1) is 9.49. The van der Waals surface area contributed by atoms with Gasteiger partial charge in [0, 0.05) is 43.9 Å². The smallest absolute Gasteiger partial charge is 0.143 e. The van der Waals surface area contributed by atoms with E-state index in [2.05, 4.69) is 24.1 Å². The lowest BCUT2D eigenvalue weighted by Crippen LogP contribution is -2.45. The number of phenols is 1. The van der Waals surface area contributed by atoms with Gasteiger partial charge in [-0.25, -0.2) is 4.39 Å². The van der Waals surface area contributed by atoms with Crippen molar-refractivity contribution in [1.82, 2.24) is 10.2 Å². The Kier molecular flexibility index (Phi) is 4.83. The molecule has 1 saturated heterocycles. The van der Waals surface area contributed by atoms with E-state index in [1.54, 1.807) is 0 Å². The van der Waals surface area contributed by atoms with Crippen LogP contribution in [0.25, 0.3) is 0 Å². The molecule has 1 aromatic carbocycles. The van der Waals surface area contributed by atoms with E-state index in [9.17, 15) is 9.50 Å². The molecule has 0 radical (unpaired) electrons. The van der Waals surface area contributed by atoms with E-state index in [-0.39, 0.29) is 23.3 Å². The van der Waals surface area contributed by atoms with E-state index in [4.69, 9.17) is 5.73 Å². The lowest BCUT2D eigenvalue weighted by Gasteiger charge is -2.36. The fraction of sp³-hybridized carbons (Fsp3) is 0.600. The van der Waals surface area contributed by atoms with Gasteiger partial charge in [-0.1, -0.05) is 13.8 Å². The van der Waals surface area contributed by atoms with E-state index >= 15 is 0 Å². The van der Waals surface area contributed by atoms with Crippen molar-refractivity contribution in [1.29, 1.82) is 0 Å². The first-order valence-corrected chi connectivity index (χ1v) is 7.21. The highest BCUT2D eigenvalue weighted by Crippen LogP contribution is 2.37. The number of nitrogens with one attached hydrogen (secondary N) is 1. The van der Waals surface area contributed by atoms with Gasteiger partial charge in [0.15, 0.2) is 0 Å². The second-order valence-corrected chi connectivity index (χ2v) is 5.86. The molecule has 0 saturated carbocycles. The molecule has 0 spiro atoms. The third-order valence-electron chi connectivity index (χ3n) is 3.78. The molecule has 4 nitrogen and oxygen atoms in total. The Morgan fingerprint density at radius 3 is 2.60 bits per heavy atom. The maximum atomic E-state index is 13.7. The first-order valence-electron chi connectivity index (χ1n) is 7.21. The van der Waals surface area contributed by atoms with Crippen LogP contribution in [0.4, 0.5) is 10.1 Å². The van der Waals surface area contributed by atoms with Gasteiger partial charge in [0.05, 0.1) is 5.69 Å². The number of nitrogen functional groups attached to an aromatic ring is 1. The first kappa shape index (κ1) is 15.1. The van der Waals surface area contributed by atoms with Crippen molar-refractivity contribution in [3.63, 3.8) is 0 Å². The Morgan fingerprint density at radius 1 is 1.35 bits per heavy atom. The van der Waals surface area contributed by atoms with Gasteiger partial charge >= 0.3 is 0 Å². The molecule has 0 aliphatic carbocycles. The standard InChI is InChI=1S/C15H24FN3O/c1-10(2)7-14(19-5-3-18-4-6-19)12-8-11(16)9-13(17)15(12)20/h8-10,14,18,20H,3-7,17H2,1-2H3/t14-/m1/s1. The molecule has 4 N–H and O–H groups in total. The average molecular weight is 281 g/mol. The molecule has 1 aliphatic heterocycles. The third kappa shape index (κ3) is 3.41. The number of phenolic OH excluding ortho intramolecular Hbond substituents is 1. The molecular weight excluding hydrogens is 257 g/mol. The summed E-state index contributed by atoms with van der Waals surface area (Å²) in [5.74, 6) is 0.0913. The van der Waals surface area contributed by atoms with Gasteiger partial charge in [0.2, 0.25) is 0 Å². The maximum Gasteiger partial charge on any atom is 0.143 e. The fourth-order valence-corrected chi connectivity index (χ4v) is 2.81. The van der Waals surface area contributed by atoms with Crippen LogP contribution in [0, 0.1) is 11.7 Å². The fourth-order valence-electron chi connectivity index (χ4n) is 2.81. The van der Waals surface area contributed by atoms with Crippen molar-refractivity contribution in [2.24, 2.45) is 5.92 Å². The number of nitrogens with zero attached hydrogens (tertiary/aromatic N) is 1. The van der Waals surface area contributed by atoms with Crippen LogP contribution in [-0.2, 0) is 0 Å². The van der Waals surface area contributed by atoms with Gasteiger partial charge in [0.25, 0.3) is 0 Å². The highest BCUT2D eigenvalue weighted by atomic mass is 19.1. The third-order valence-corrected chi connectivity index (χ3v) is 3.78. The molecule has 0 aromatic heterocycles. The lowest BCUT2D eigenvalue weighted by atomic mass is 9.93. The number of hydrogen-bond donors (Lipinski definition) is 3. The van der Waals surface area contributed by atoms with Gasteiger partial charge in [-0.3, -0.25) is 4.90 Å². The summed E-state index contributed by atoms with van der Waals surface area (Å²) in [6.07, 6.45) is 0.871. The zero-order valence-electron chi connectivity index (χ0n) is 12.2. The molecule has 1 fully saturated rings. The Morgan fingerprint density at radius 2 is 2.00 bits per heavy atom. The largest absolute Gasteiger partial charge is 0.505 e. The quantitative estimate of drug-likeness (QED) is 0.584. The summed E-state index contributed by atoms with van der Waals surface area (Å²) in [7, 11) is 0. The van der Waals surface area contributed by atoms with Crippen LogP contribution in [0.1, 0.15) is 31.9 Å². The average Bonchev–Trinajstić information content (AvgIpc) is 2.41. The van der Waals surface area contributed by atoms with Crippen LogP contribution in [-0.4, -0.2) is 36.2 Å². The second kappa shape index (κ2) is 6.41. The molecule has 1 atom stereocenters. The van der Waals surface area contributed by atoms with Crippen molar-refractivity contribution < 1.29 is 9.50 Å². The summed E-state index contributed by atoms with van der Waals surface area (Å²) in [5.41, 5.74) is 6.42. The van der Waals surface area contributed by atoms with Crippen LogP contribution >= 0.6 is 0 Å². The number of aromatic hydroxyl groups is 1. The normalized spacial score (nSPS) is 18.4. The topological polar surface area (TPSA) is 61.5 Å². The minimum atomic E-state index is -0.390. The Labute approximate surface area is 119 Å². The molecule has 1 aliphatic rings. The van der Waals surface area contributed by atoms with E-state index in [0.29, 0.717) is 11.5 Å². The molecule has 0 bridgehead atoms. The number of anilines is 1. The number of piperazine rings is 1. The molecule has 20 heavy (non-hydrogen) atoms. The molecule has 1 aromatic rings. The van der Waals surface area contributed by atoms with Crippen molar-refractivity contribution in [3.8, 4) is 5.75 Å². The Hall–Kier alpha value is -1.33. The number of halogens is 1. The molecule has 0 amide bonds. The molecule has 1 heterocycles. The predicted molar refractivity (Wildman–Crippen MR) is 79.1 cm³/mol. The van der Waals surface area contributed by atoms with E-state index in [1.165, 1.54) is 12.1 Å². The number of benzene rings is 1. The van der Waals surface area contributed by atoms with Crippen LogP contribution < -0.4 is 11.1 Å². The molecule has 112 valence electrons. The summed E-state index contributed by atoms with van der Waals surface area (Å²) in [5, 5.41) is 13.5. The zero-order valence-corrected chi connectivity index (χ0v) is 12.2. The second-order valence-electron chi connectivity index (χ2n) is 5.86. The van der Waals surface area contributed by atoms with Crippen molar-refractivity contribution >= 4 is 5.69 Å². The van der Waals surface area contributed by atoms with Crippen molar-refractivity contribution in [3.05, 3.63) is 23.5 Å². The molecule has 0 unspecified atom stereocenters. The summed E-state index contributed by atoms with van der Waals surface area (Å²) < 4.78 is 13.7. The van der Waals surface area contributed by atoms with Gasteiger partial charge in [-0.05, 0) is 18.4 Å². The zero-order chi connectivity index (χ0) is 14.7. The van der Waals surface area contributed by atoms with E-state index < -0.39 is 0 Å². The Balaban J connectivity index is 2.34. The van der Waals surface area contributed by atoms with Crippen LogP contribution in [0.5, 0.6) is 5.75 Å². The van der Waals surface area contributed by atoms with E-state index in [1.807, 2.05) is 0 Å². The monoisotopic (exact) mass is 281 g/mol. The van der Waals surface area contributed by atoms with Crippen LogP contribution in [0.3, 0.4) is 0 Å². The molecule has 2 rings (SSSR count). The highest BCUT2D eigenvalue weighted by Gasteiger charge is 2.26. The number of rotatable bonds is 4. The minimum Gasteiger partial charge on any atom is -0.505 e. The van der Waals surface area contributed by atoms with Gasteiger partial charge in [0.1, 0.15) is 11.6 Å². The minimum absolute atomic E-state index is 0.00935. The number of hydrogen-bond acceptors (Lipinski definition) is 4. The van der Waals surface area contributed by atoms with Crippen molar-refractivity contribution in [2.45, 2.75) is 26.3 Å². The summed E-state index contributed by atoms with van der Waals surface area (Å²) >= 11 is 0. The summed E-state index contributed by atoms with van der Waals surface area (Å²) in [6.45, 7) is 7.89. The molecular formula is C15H24FN3O. The summed E-state index contributed by atoms with van der Waals surface area (Å²) in [6, 6.07) is 2.60. The van der Waals surface area contributed by atoms with Gasteiger partial charge in [-0.2, -0.15) is 0 Å². The summed E-state index contributed by atoms with van der Waals surface area (Å²) in [4.78, 5) is 2.30. The Bertz CT molecular complexity index is 459. The van der Waals surface area contributed by atoms with Crippen LogP contribution in [0.2, 0.25) is 0 Å². The highest BCUT2D eigenvalue weighted by molar-refractivity contribution is 5.57. The molecule has 5 heteroatoms. The number of nitrogens with two attached hydrogens (primary N) is 1. The van der Waals surface area contributed by atoms with Crippen LogP contribution in [0.15, 0.2) is 12.1 Å². The van der Waals surface area contributed by atoms with Gasteiger partial charge < -0.3 is 16.2 Å². The lowest BCUT2D eigenvalue weighted by molar-refractivity contribution is 0.151.